The second-order valence-corrected chi connectivity index (χ2v) is 15.7. The number of aryl methyl sites for hydroxylation is 1. The maximum Gasteiger partial charge on any atom is 0.168 e. The molecule has 0 radical (unpaired) electrons. The van der Waals surface area contributed by atoms with E-state index in [9.17, 15) is 20.1 Å². The quantitative estimate of drug-likeness (QED) is 0.0953. The van der Waals surface area contributed by atoms with Crippen LogP contribution in [0.1, 0.15) is 72.3 Å². The number of phenols is 3. The summed E-state index contributed by atoms with van der Waals surface area (Å²) in [7, 11) is 9.01. The Morgan fingerprint density at radius 1 is 0.939 bits per heavy atom. The van der Waals surface area contributed by atoms with Crippen molar-refractivity contribution in [2.75, 3.05) is 27.0 Å². The second-order valence-electron chi connectivity index (χ2n) is 13.0. The SMILES string of the molecule is CNCc1cc(O)cc(C(NC)OC2CC(=O)CCc3ccc(O)c(OC)c3-c3ccc4ccc(O)cc4c3C3CCC2CCCSS3)c1. The van der Waals surface area contributed by atoms with Gasteiger partial charge in [0.15, 0.2) is 11.5 Å². The van der Waals surface area contributed by atoms with E-state index in [1.54, 1.807) is 31.4 Å². The number of rotatable bonds is 7. The van der Waals surface area contributed by atoms with Gasteiger partial charge in [0.05, 0.1) is 13.2 Å². The molecule has 1 fully saturated rings. The summed E-state index contributed by atoms with van der Waals surface area (Å²) in [6, 6.07) is 18.7. The largest absolute Gasteiger partial charge is 0.508 e. The van der Waals surface area contributed by atoms with Gasteiger partial charge in [-0.3, -0.25) is 10.1 Å². The van der Waals surface area contributed by atoms with E-state index in [4.69, 9.17) is 9.47 Å². The molecule has 4 atom stereocenters. The Morgan fingerprint density at radius 3 is 2.57 bits per heavy atom. The molecule has 4 aromatic carbocycles. The summed E-state index contributed by atoms with van der Waals surface area (Å²) in [5.74, 6) is 2.02. The van der Waals surface area contributed by atoms with E-state index >= 15 is 0 Å². The molecule has 1 aliphatic carbocycles. The van der Waals surface area contributed by atoms with Crippen molar-refractivity contribution >= 4 is 38.1 Å². The third-order valence-electron chi connectivity index (χ3n) is 9.74. The lowest BCUT2D eigenvalue weighted by Crippen LogP contribution is -2.33. The Morgan fingerprint density at radius 2 is 1.78 bits per heavy atom. The molecule has 0 amide bonds. The summed E-state index contributed by atoms with van der Waals surface area (Å²) >= 11 is 0. The van der Waals surface area contributed by atoms with Gasteiger partial charge in [-0.1, -0.05) is 51.9 Å². The molecule has 260 valence electrons. The van der Waals surface area contributed by atoms with Crippen LogP contribution in [0.25, 0.3) is 21.9 Å². The minimum atomic E-state index is -0.510. The van der Waals surface area contributed by atoms with Gasteiger partial charge < -0.3 is 30.1 Å². The molecule has 0 spiro atoms. The Hall–Kier alpha value is -3.41. The average Bonchev–Trinajstić information content (AvgIpc) is 3.21. The van der Waals surface area contributed by atoms with Crippen molar-refractivity contribution < 1.29 is 29.6 Å². The number of carbonyl (C=O) groups is 1. The predicted molar refractivity (Wildman–Crippen MR) is 200 cm³/mol. The second kappa shape index (κ2) is 16.1. The van der Waals surface area contributed by atoms with Crippen LogP contribution in [0.3, 0.4) is 0 Å². The summed E-state index contributed by atoms with van der Waals surface area (Å²) in [5, 5.41) is 40.8. The summed E-state index contributed by atoms with van der Waals surface area (Å²) < 4.78 is 12.8. The number of aromatic hydroxyl groups is 3. The number of benzene rings is 4. The molecule has 1 heterocycles. The zero-order valence-corrected chi connectivity index (χ0v) is 30.0. The van der Waals surface area contributed by atoms with Gasteiger partial charge in [-0.25, -0.2) is 0 Å². The molecule has 1 aliphatic heterocycles. The highest BCUT2D eigenvalue weighted by Crippen LogP contribution is 2.52. The van der Waals surface area contributed by atoms with Crippen LogP contribution in [0.5, 0.6) is 23.0 Å². The van der Waals surface area contributed by atoms with Gasteiger partial charge in [-0.15, -0.1) is 0 Å². The minimum absolute atomic E-state index is 0.0480. The van der Waals surface area contributed by atoms with E-state index < -0.39 is 6.23 Å². The van der Waals surface area contributed by atoms with E-state index in [1.807, 2.05) is 59.9 Å². The van der Waals surface area contributed by atoms with E-state index in [2.05, 4.69) is 22.8 Å². The first-order valence-electron chi connectivity index (χ1n) is 17.0. The standard InChI is InChI=1S/C39H46N2O6S2/c1-40-22-23-17-27(19-30(44)18-23)39(41-2)47-34-21-29(43)12-7-26-9-14-33(45)38(46-3)36(26)31-13-8-24-6-11-28(42)20-32(24)37(31)35-15-10-25(34)5-4-16-48-49-35/h6,8-9,11,13-14,17-20,25,34-35,39-42,44-45H,4-5,7,10,12,15-16,21-22H2,1-3H3. The number of Topliss-reactive ketones (excluding diaryl/α,β-unsaturated/α-hetero) is 1. The normalized spacial score (nSPS) is 20.9. The van der Waals surface area contributed by atoms with Crippen LogP contribution in [0.4, 0.5) is 0 Å². The maximum absolute atomic E-state index is 13.9. The van der Waals surface area contributed by atoms with Gasteiger partial charge in [0, 0.05) is 36.0 Å². The van der Waals surface area contributed by atoms with Crippen molar-refractivity contribution in [3.05, 3.63) is 82.9 Å². The van der Waals surface area contributed by atoms with Crippen LogP contribution in [0.2, 0.25) is 0 Å². The molecule has 8 nitrogen and oxygen atoms in total. The molecule has 0 aromatic heterocycles. The number of phenolic OH excluding ortho intramolecular Hbond substituents is 3. The highest BCUT2D eigenvalue weighted by molar-refractivity contribution is 8.76. The number of fused-ring (bicyclic) bond motifs is 9. The van der Waals surface area contributed by atoms with Crippen LogP contribution in [0, 0.1) is 5.92 Å². The lowest BCUT2D eigenvalue weighted by atomic mass is 9.85. The van der Waals surface area contributed by atoms with Crippen molar-refractivity contribution in [2.24, 2.45) is 5.92 Å². The van der Waals surface area contributed by atoms with Crippen LogP contribution < -0.4 is 15.4 Å². The zero-order valence-electron chi connectivity index (χ0n) is 28.3. The van der Waals surface area contributed by atoms with Crippen molar-refractivity contribution in [2.45, 2.75) is 69.1 Å². The first-order chi connectivity index (χ1) is 23.8. The fourth-order valence-electron chi connectivity index (χ4n) is 7.45. The minimum Gasteiger partial charge on any atom is -0.508 e. The molecule has 1 saturated heterocycles. The van der Waals surface area contributed by atoms with Gasteiger partial charge in [-0.05, 0) is 121 Å². The lowest BCUT2D eigenvalue weighted by Gasteiger charge is -2.32. The van der Waals surface area contributed by atoms with Gasteiger partial charge in [0.25, 0.3) is 0 Å². The molecule has 2 aliphatic rings. The first-order valence-corrected chi connectivity index (χ1v) is 19.4. The average molecular weight is 703 g/mol. The van der Waals surface area contributed by atoms with Crippen LogP contribution in [0.15, 0.2) is 60.7 Å². The topological polar surface area (TPSA) is 120 Å². The number of ketones is 1. The molecule has 6 rings (SSSR count). The summed E-state index contributed by atoms with van der Waals surface area (Å²) in [6.07, 6.45) is 3.83. The summed E-state index contributed by atoms with van der Waals surface area (Å²) in [5.41, 5.74) is 5.53. The van der Waals surface area contributed by atoms with Crippen molar-refractivity contribution in [1.82, 2.24) is 10.6 Å². The molecule has 4 aromatic rings. The number of carbonyl (C=O) groups excluding carboxylic acids is 1. The number of hydrogen-bond donors (Lipinski definition) is 5. The molecule has 0 saturated carbocycles. The summed E-state index contributed by atoms with van der Waals surface area (Å²) in [6.45, 7) is 0.608. The van der Waals surface area contributed by atoms with Gasteiger partial charge in [0.1, 0.15) is 23.5 Å². The maximum atomic E-state index is 13.9. The highest BCUT2D eigenvalue weighted by Gasteiger charge is 2.33. The Kier molecular flexibility index (Phi) is 11.6. The number of ether oxygens (including phenoxy) is 2. The van der Waals surface area contributed by atoms with E-state index in [0.717, 1.165) is 75.6 Å². The van der Waals surface area contributed by atoms with Gasteiger partial charge >= 0.3 is 0 Å². The zero-order chi connectivity index (χ0) is 34.5. The Bertz CT molecular complexity index is 1800. The molecule has 49 heavy (non-hydrogen) atoms. The fraction of sp³-hybridized carbons (Fsp3) is 0.410. The van der Waals surface area contributed by atoms with Crippen molar-refractivity contribution in [1.29, 1.82) is 0 Å². The monoisotopic (exact) mass is 702 g/mol. The number of nitrogens with one attached hydrogen (secondary N) is 2. The van der Waals surface area contributed by atoms with Crippen molar-refractivity contribution in [3.8, 4) is 34.1 Å². The molecule has 10 heteroatoms. The van der Waals surface area contributed by atoms with E-state index in [-0.39, 0.29) is 46.7 Å². The van der Waals surface area contributed by atoms with E-state index in [0.29, 0.717) is 25.1 Å². The fourth-order valence-corrected chi connectivity index (χ4v) is 10.3. The summed E-state index contributed by atoms with van der Waals surface area (Å²) in [4.78, 5) is 13.9. The van der Waals surface area contributed by atoms with Gasteiger partial charge in [-0.2, -0.15) is 0 Å². The molecule has 4 unspecified atom stereocenters. The highest BCUT2D eigenvalue weighted by atomic mass is 33.1. The third-order valence-corrected chi connectivity index (χ3v) is 12.6. The Balaban J connectivity index is 1.47. The lowest BCUT2D eigenvalue weighted by molar-refractivity contribution is -0.126. The van der Waals surface area contributed by atoms with Gasteiger partial charge in [0.2, 0.25) is 0 Å². The van der Waals surface area contributed by atoms with E-state index in [1.165, 1.54) is 0 Å². The smallest absolute Gasteiger partial charge is 0.168 e. The molecular formula is C39H46N2O6S2. The predicted octanol–water partition coefficient (Wildman–Crippen LogP) is 8.17. The van der Waals surface area contributed by atoms with Crippen LogP contribution in [-0.4, -0.2) is 54.2 Å². The number of hydrogen-bond acceptors (Lipinski definition) is 10. The molecule has 2 bridgehead atoms. The molecule has 5 N–H and O–H groups in total. The Labute approximate surface area is 296 Å². The third kappa shape index (κ3) is 7.99. The van der Waals surface area contributed by atoms with Crippen LogP contribution in [-0.2, 0) is 22.5 Å². The van der Waals surface area contributed by atoms with Crippen molar-refractivity contribution in [3.63, 3.8) is 0 Å². The molecular weight excluding hydrogens is 657 g/mol. The van der Waals surface area contributed by atoms with Crippen LogP contribution >= 0.6 is 21.6 Å². The number of methoxy groups -OCH3 is 1. The first kappa shape index (κ1) is 35.4.